The second kappa shape index (κ2) is 6.70. The van der Waals surface area contributed by atoms with Crippen molar-refractivity contribution < 1.29 is 13.2 Å². The third-order valence-corrected chi connectivity index (χ3v) is 9.64. The average molecular weight is 403 g/mol. The molecule has 28 heavy (non-hydrogen) atoms. The quantitative estimate of drug-likeness (QED) is 0.743. The molecule has 1 aromatic rings. The van der Waals surface area contributed by atoms with Gasteiger partial charge in [0.05, 0.1) is 17.8 Å². The number of fused-ring (bicyclic) bond motifs is 1. The first kappa shape index (κ1) is 19.6. The van der Waals surface area contributed by atoms with Crippen LogP contribution >= 0.6 is 0 Å². The zero-order valence-corrected chi connectivity index (χ0v) is 17.5. The average Bonchev–Trinajstić information content (AvgIpc) is 3.13. The summed E-state index contributed by atoms with van der Waals surface area (Å²) in [5.74, 6) is 0.291. The molecule has 4 atom stereocenters. The minimum atomic E-state index is -3.60. The Bertz CT molecular complexity index is 880. The van der Waals surface area contributed by atoms with E-state index in [1.54, 1.807) is 6.08 Å². The molecule has 1 amide bonds. The van der Waals surface area contributed by atoms with Gasteiger partial charge in [-0.3, -0.25) is 4.79 Å². The van der Waals surface area contributed by atoms with Gasteiger partial charge in [0, 0.05) is 12.0 Å². The van der Waals surface area contributed by atoms with Gasteiger partial charge in [-0.05, 0) is 42.6 Å². The highest BCUT2D eigenvalue weighted by molar-refractivity contribution is 7.90. The van der Waals surface area contributed by atoms with E-state index in [0.717, 1.165) is 24.8 Å². The minimum absolute atomic E-state index is 0.0365. The fraction of sp³-hybridized carbons (Fsp3) is 0.591. The van der Waals surface area contributed by atoms with Gasteiger partial charge in [-0.15, -0.1) is 6.58 Å². The van der Waals surface area contributed by atoms with Crippen molar-refractivity contribution in [2.75, 3.05) is 5.75 Å². The van der Waals surface area contributed by atoms with Gasteiger partial charge in [-0.1, -0.05) is 50.3 Å². The fourth-order valence-electron chi connectivity index (χ4n) is 6.01. The number of carbonyl (C=O) groups excluding carboxylic acids is 1. The number of benzene rings is 1. The Kier molecular flexibility index (Phi) is 4.70. The number of carbonyl (C=O) groups is 1. The maximum atomic E-state index is 13.4. The molecule has 0 unspecified atom stereocenters. The van der Waals surface area contributed by atoms with Gasteiger partial charge in [0.1, 0.15) is 0 Å². The molecule has 1 spiro atoms. The molecule has 2 aliphatic carbocycles. The summed E-state index contributed by atoms with van der Waals surface area (Å²) in [4.78, 5) is 13.4. The highest BCUT2D eigenvalue weighted by atomic mass is 32.2. The van der Waals surface area contributed by atoms with Crippen LogP contribution in [0.25, 0.3) is 0 Å². The zero-order chi connectivity index (χ0) is 20.2. The summed E-state index contributed by atoms with van der Waals surface area (Å²) < 4.78 is 27.5. The van der Waals surface area contributed by atoms with Gasteiger partial charge in [-0.25, -0.2) is 12.7 Å². The van der Waals surface area contributed by atoms with Crippen LogP contribution in [0, 0.1) is 16.7 Å². The minimum Gasteiger partial charge on any atom is -0.301 e. The number of sulfonamides is 1. The summed E-state index contributed by atoms with van der Waals surface area (Å²) in [6.45, 7) is 8.68. The second-order valence-electron chi connectivity index (χ2n) is 9.20. The fourth-order valence-corrected chi connectivity index (χ4v) is 8.58. The van der Waals surface area contributed by atoms with Crippen molar-refractivity contribution in [2.45, 2.75) is 58.2 Å². The standard InChI is InChI=1S/C22H30N2O3S/c1-4-8-18(23-14-16-9-6-5-7-10-16)20(25)24-19-13-17-11-12-22(19,21(17,2)3)15-28(24,26)27/h4-7,9-10,17-19,23H,1,8,11-15H2,2-3H3/t17-,18+,19-,22-/m1/s1. The zero-order valence-electron chi connectivity index (χ0n) is 16.7. The van der Waals surface area contributed by atoms with Gasteiger partial charge in [0.25, 0.3) is 5.91 Å². The van der Waals surface area contributed by atoms with E-state index in [0.29, 0.717) is 18.9 Å². The first-order valence-corrected chi connectivity index (χ1v) is 11.8. The molecule has 1 saturated heterocycles. The van der Waals surface area contributed by atoms with E-state index in [1.165, 1.54) is 4.31 Å². The number of nitrogens with zero attached hydrogens (tertiary/aromatic N) is 1. The van der Waals surface area contributed by atoms with Crippen LogP contribution in [0.4, 0.5) is 0 Å². The van der Waals surface area contributed by atoms with Crippen LogP contribution < -0.4 is 5.32 Å². The lowest BCUT2D eigenvalue weighted by atomic mass is 9.69. The predicted octanol–water partition coefficient (Wildman–Crippen LogP) is 3.09. The van der Waals surface area contributed by atoms with Crippen LogP contribution in [0.3, 0.4) is 0 Å². The van der Waals surface area contributed by atoms with Crippen LogP contribution in [0.1, 0.15) is 45.1 Å². The molecular weight excluding hydrogens is 372 g/mol. The van der Waals surface area contributed by atoms with Crippen LogP contribution in [0.15, 0.2) is 43.0 Å². The van der Waals surface area contributed by atoms with E-state index >= 15 is 0 Å². The first-order chi connectivity index (χ1) is 13.2. The van der Waals surface area contributed by atoms with E-state index in [1.807, 2.05) is 30.3 Å². The summed E-state index contributed by atoms with van der Waals surface area (Å²) in [6.07, 6.45) is 4.87. The monoisotopic (exact) mass is 402 g/mol. The maximum absolute atomic E-state index is 13.4. The van der Waals surface area contributed by atoms with E-state index in [-0.39, 0.29) is 28.5 Å². The van der Waals surface area contributed by atoms with E-state index in [2.05, 4.69) is 25.7 Å². The molecule has 2 saturated carbocycles. The van der Waals surface area contributed by atoms with Crippen molar-refractivity contribution >= 4 is 15.9 Å². The molecule has 1 aliphatic heterocycles. The summed E-state index contributed by atoms with van der Waals surface area (Å²) in [6, 6.07) is 9.06. The number of hydrogen-bond acceptors (Lipinski definition) is 4. The Morgan fingerprint density at radius 2 is 2.07 bits per heavy atom. The Balaban J connectivity index is 1.59. The van der Waals surface area contributed by atoms with Crippen LogP contribution in [0.2, 0.25) is 0 Å². The van der Waals surface area contributed by atoms with Crippen LogP contribution in [0.5, 0.6) is 0 Å². The van der Waals surface area contributed by atoms with E-state index in [9.17, 15) is 13.2 Å². The molecule has 3 fully saturated rings. The lowest BCUT2D eigenvalue weighted by Crippen LogP contribution is -2.51. The second-order valence-corrected chi connectivity index (χ2v) is 11.0. The highest BCUT2D eigenvalue weighted by Gasteiger charge is 2.72. The molecule has 152 valence electrons. The molecule has 1 N–H and O–H groups in total. The SMILES string of the molecule is C=CC[C@H](NCc1ccccc1)C(=O)N1[C@@H]2C[C@H]3CC[C@]2(CS1(=O)=O)C3(C)C. The predicted molar refractivity (Wildman–Crippen MR) is 110 cm³/mol. The smallest absolute Gasteiger partial charge is 0.253 e. The maximum Gasteiger partial charge on any atom is 0.253 e. The normalized spacial score (nSPS) is 32.9. The first-order valence-electron chi connectivity index (χ1n) is 10.2. The van der Waals surface area contributed by atoms with Crippen LogP contribution in [-0.2, 0) is 21.4 Å². The van der Waals surface area contributed by atoms with Crippen molar-refractivity contribution in [1.29, 1.82) is 0 Å². The number of amides is 1. The molecule has 5 nitrogen and oxygen atoms in total. The van der Waals surface area contributed by atoms with Gasteiger partial charge in [0.15, 0.2) is 0 Å². The highest BCUT2D eigenvalue weighted by Crippen LogP contribution is 2.70. The van der Waals surface area contributed by atoms with Crippen molar-refractivity contribution in [3.05, 3.63) is 48.6 Å². The molecule has 6 heteroatoms. The Morgan fingerprint density at radius 1 is 1.36 bits per heavy atom. The molecule has 1 aromatic carbocycles. The molecule has 4 rings (SSSR count). The van der Waals surface area contributed by atoms with Gasteiger partial charge in [0.2, 0.25) is 10.0 Å². The largest absolute Gasteiger partial charge is 0.301 e. The Hall–Kier alpha value is -1.66. The third-order valence-electron chi connectivity index (χ3n) is 7.72. The molecule has 2 bridgehead atoms. The molecule has 0 radical (unpaired) electrons. The van der Waals surface area contributed by atoms with Crippen molar-refractivity contribution in [3.8, 4) is 0 Å². The molecule has 0 aromatic heterocycles. The van der Waals surface area contributed by atoms with Gasteiger partial charge < -0.3 is 5.32 Å². The molecular formula is C22H30N2O3S. The topological polar surface area (TPSA) is 66.5 Å². The summed E-state index contributed by atoms with van der Waals surface area (Å²) in [5.41, 5.74) is 0.737. The van der Waals surface area contributed by atoms with E-state index < -0.39 is 16.1 Å². The Labute approximate surface area is 168 Å². The molecule has 1 heterocycles. The summed E-state index contributed by atoms with van der Waals surface area (Å²) in [7, 11) is -3.60. The van der Waals surface area contributed by atoms with Crippen molar-refractivity contribution in [3.63, 3.8) is 0 Å². The lowest BCUT2D eigenvalue weighted by Gasteiger charge is -2.37. The summed E-state index contributed by atoms with van der Waals surface area (Å²) >= 11 is 0. The van der Waals surface area contributed by atoms with E-state index in [4.69, 9.17) is 0 Å². The van der Waals surface area contributed by atoms with Crippen LogP contribution in [-0.4, -0.2) is 36.5 Å². The number of hydrogen-bond donors (Lipinski definition) is 1. The summed E-state index contributed by atoms with van der Waals surface area (Å²) in [5, 5.41) is 3.27. The third kappa shape index (κ3) is 2.76. The number of rotatable bonds is 6. The lowest BCUT2D eigenvalue weighted by molar-refractivity contribution is -0.131. The van der Waals surface area contributed by atoms with Crippen molar-refractivity contribution in [2.24, 2.45) is 16.7 Å². The van der Waals surface area contributed by atoms with Gasteiger partial charge >= 0.3 is 0 Å². The molecule has 3 aliphatic rings. The van der Waals surface area contributed by atoms with Crippen molar-refractivity contribution in [1.82, 2.24) is 9.62 Å². The van der Waals surface area contributed by atoms with Gasteiger partial charge in [-0.2, -0.15) is 0 Å². The Morgan fingerprint density at radius 3 is 2.71 bits per heavy atom. The number of nitrogens with one attached hydrogen (secondary N) is 1.